The molecule has 1 N–H and O–H groups in total. The second-order valence-corrected chi connectivity index (χ2v) is 7.27. The Morgan fingerprint density at radius 1 is 0.935 bits per heavy atom. The zero-order chi connectivity index (χ0) is 22.6. The van der Waals surface area contributed by atoms with E-state index in [-0.39, 0.29) is 23.9 Å². The number of carbonyl (C=O) groups excluding carboxylic acids is 2. The molecule has 6 nitrogen and oxygen atoms in total. The smallest absolute Gasteiger partial charge is 0.310 e. The molecule has 0 aromatic heterocycles. The Kier molecular flexibility index (Phi) is 9.88. The number of unbranched alkanes of at least 4 members (excludes halogenated alkanes) is 2. The van der Waals surface area contributed by atoms with Crippen LogP contribution in [0, 0.1) is 0 Å². The van der Waals surface area contributed by atoms with Gasteiger partial charge >= 0.3 is 5.97 Å². The van der Waals surface area contributed by atoms with Gasteiger partial charge in [-0.05, 0) is 68.9 Å². The third-order valence-electron chi connectivity index (χ3n) is 4.83. The van der Waals surface area contributed by atoms with Gasteiger partial charge in [0.05, 0.1) is 31.8 Å². The number of esters is 1. The van der Waals surface area contributed by atoms with Crippen LogP contribution in [-0.2, 0) is 22.4 Å². The van der Waals surface area contributed by atoms with Crippen LogP contribution in [0.5, 0.6) is 17.2 Å². The van der Waals surface area contributed by atoms with Crippen molar-refractivity contribution in [3.8, 4) is 17.2 Å². The average molecular weight is 429 g/mol. The Morgan fingerprint density at radius 2 is 1.61 bits per heavy atom. The Bertz CT molecular complexity index is 857. The molecule has 31 heavy (non-hydrogen) atoms. The van der Waals surface area contributed by atoms with Crippen LogP contribution in [0.3, 0.4) is 0 Å². The molecule has 6 heteroatoms. The van der Waals surface area contributed by atoms with Gasteiger partial charge in [0.2, 0.25) is 0 Å². The van der Waals surface area contributed by atoms with Gasteiger partial charge in [-0.1, -0.05) is 19.1 Å². The zero-order valence-electron chi connectivity index (χ0n) is 18.6. The number of rotatable bonds is 13. The number of benzene rings is 2. The highest BCUT2D eigenvalue weighted by Crippen LogP contribution is 2.29. The van der Waals surface area contributed by atoms with E-state index in [1.165, 1.54) is 13.0 Å². The molecule has 168 valence electrons. The summed E-state index contributed by atoms with van der Waals surface area (Å²) >= 11 is 0. The number of phenolic OH excluding ortho intramolecular Hbond substituents is 1. The molecule has 0 amide bonds. The van der Waals surface area contributed by atoms with E-state index in [0.29, 0.717) is 31.1 Å². The normalized spacial score (nSPS) is 10.5. The second kappa shape index (κ2) is 12.6. The topological polar surface area (TPSA) is 82.1 Å². The SMILES string of the molecule is CCOC(=O)Cc1ccc(OCCCCCOc2cc(O)c(C(C)=O)cc2CC)cc1. The van der Waals surface area contributed by atoms with Crippen molar-refractivity contribution in [1.29, 1.82) is 0 Å². The predicted octanol–water partition coefficient (Wildman–Crippen LogP) is 4.89. The minimum Gasteiger partial charge on any atom is -0.507 e. The predicted molar refractivity (Wildman–Crippen MR) is 119 cm³/mol. The summed E-state index contributed by atoms with van der Waals surface area (Å²) < 4.78 is 16.5. The molecule has 0 aliphatic rings. The first-order chi connectivity index (χ1) is 14.9. The quantitative estimate of drug-likeness (QED) is 0.278. The van der Waals surface area contributed by atoms with Crippen molar-refractivity contribution >= 4 is 11.8 Å². The lowest BCUT2D eigenvalue weighted by molar-refractivity contribution is -0.142. The zero-order valence-corrected chi connectivity index (χ0v) is 18.6. The van der Waals surface area contributed by atoms with Crippen molar-refractivity contribution < 1.29 is 28.9 Å². The number of aromatic hydroxyl groups is 1. The molecule has 0 radical (unpaired) electrons. The summed E-state index contributed by atoms with van der Waals surface area (Å²) in [5.74, 6) is 0.977. The number of hydrogen-bond acceptors (Lipinski definition) is 6. The summed E-state index contributed by atoms with van der Waals surface area (Å²) in [5.41, 5.74) is 2.14. The Morgan fingerprint density at radius 3 is 2.23 bits per heavy atom. The molecule has 0 bridgehead atoms. The van der Waals surface area contributed by atoms with Crippen LogP contribution in [0.2, 0.25) is 0 Å². The van der Waals surface area contributed by atoms with Gasteiger partial charge in [0, 0.05) is 6.07 Å². The highest BCUT2D eigenvalue weighted by molar-refractivity contribution is 5.97. The second-order valence-electron chi connectivity index (χ2n) is 7.27. The van der Waals surface area contributed by atoms with Gasteiger partial charge in [0.1, 0.15) is 17.2 Å². The molecule has 0 saturated heterocycles. The Labute approximate surface area is 184 Å². The molecule has 2 rings (SSSR count). The molecule has 2 aromatic rings. The lowest BCUT2D eigenvalue weighted by Crippen LogP contribution is -2.07. The lowest BCUT2D eigenvalue weighted by Gasteiger charge is -2.13. The number of ether oxygens (including phenoxy) is 3. The standard InChI is InChI=1S/C25H32O6/c1-4-20-16-22(18(3)26)23(27)17-24(20)31-14-8-6-7-13-30-21-11-9-19(10-12-21)15-25(28)29-5-2/h9-12,16-17,27H,4-8,13-15H2,1-3H3. The third-order valence-corrected chi connectivity index (χ3v) is 4.83. The summed E-state index contributed by atoms with van der Waals surface area (Å²) in [7, 11) is 0. The molecule has 0 saturated carbocycles. The molecular formula is C25H32O6. The van der Waals surface area contributed by atoms with Crippen molar-refractivity contribution in [3.63, 3.8) is 0 Å². The third kappa shape index (κ3) is 7.96. The maximum Gasteiger partial charge on any atom is 0.310 e. The van der Waals surface area contributed by atoms with Crippen LogP contribution < -0.4 is 9.47 Å². The number of phenols is 1. The molecule has 0 fully saturated rings. The molecule has 0 aliphatic heterocycles. The minimum atomic E-state index is -0.227. The highest BCUT2D eigenvalue weighted by atomic mass is 16.5. The molecule has 0 aliphatic carbocycles. The van der Waals surface area contributed by atoms with E-state index in [1.807, 2.05) is 31.2 Å². The summed E-state index contributed by atoms with van der Waals surface area (Å²) in [5, 5.41) is 10.0. The lowest BCUT2D eigenvalue weighted by atomic mass is 10.0. The van der Waals surface area contributed by atoms with Crippen molar-refractivity contribution in [2.24, 2.45) is 0 Å². The van der Waals surface area contributed by atoms with Gasteiger partial charge in [0.25, 0.3) is 0 Å². The number of carbonyl (C=O) groups is 2. The molecule has 0 heterocycles. The summed E-state index contributed by atoms with van der Waals surface area (Å²) in [6.45, 7) is 6.75. The fraction of sp³-hybridized carbons (Fsp3) is 0.440. The maximum atomic E-state index is 11.6. The summed E-state index contributed by atoms with van der Waals surface area (Å²) in [6, 6.07) is 10.7. The van der Waals surface area contributed by atoms with Gasteiger partial charge in [-0.2, -0.15) is 0 Å². The van der Waals surface area contributed by atoms with Crippen molar-refractivity contribution in [3.05, 3.63) is 53.1 Å². The fourth-order valence-electron chi connectivity index (χ4n) is 3.14. The van der Waals surface area contributed by atoms with Gasteiger partial charge in [0.15, 0.2) is 5.78 Å². The molecule has 0 spiro atoms. The number of Topliss-reactive ketones (excluding diaryl/α,β-unsaturated/α-hetero) is 1. The first kappa shape index (κ1) is 24.3. The highest BCUT2D eigenvalue weighted by Gasteiger charge is 2.12. The van der Waals surface area contributed by atoms with E-state index in [9.17, 15) is 14.7 Å². The van der Waals surface area contributed by atoms with Crippen LogP contribution in [0.4, 0.5) is 0 Å². The molecule has 0 unspecified atom stereocenters. The van der Waals surface area contributed by atoms with E-state index in [0.717, 1.165) is 42.6 Å². The molecule has 2 aromatic carbocycles. The van der Waals surface area contributed by atoms with Gasteiger partial charge in [-0.15, -0.1) is 0 Å². The van der Waals surface area contributed by atoms with E-state index in [4.69, 9.17) is 14.2 Å². The van der Waals surface area contributed by atoms with E-state index < -0.39 is 0 Å². The van der Waals surface area contributed by atoms with E-state index in [2.05, 4.69) is 0 Å². The first-order valence-electron chi connectivity index (χ1n) is 10.8. The largest absolute Gasteiger partial charge is 0.507 e. The van der Waals surface area contributed by atoms with E-state index in [1.54, 1.807) is 13.0 Å². The maximum absolute atomic E-state index is 11.6. The van der Waals surface area contributed by atoms with Crippen LogP contribution in [0.15, 0.2) is 36.4 Å². The Balaban J connectivity index is 1.67. The number of hydrogen-bond donors (Lipinski definition) is 1. The number of aryl methyl sites for hydroxylation is 1. The van der Waals surface area contributed by atoms with Crippen LogP contribution in [-0.4, -0.2) is 36.7 Å². The Hall–Kier alpha value is -3.02. The van der Waals surface area contributed by atoms with Gasteiger partial charge in [-0.3, -0.25) is 9.59 Å². The summed E-state index contributed by atoms with van der Waals surface area (Å²) in [4.78, 5) is 23.1. The van der Waals surface area contributed by atoms with E-state index >= 15 is 0 Å². The van der Waals surface area contributed by atoms with Gasteiger partial charge in [-0.25, -0.2) is 0 Å². The van der Waals surface area contributed by atoms with Crippen molar-refractivity contribution in [2.75, 3.05) is 19.8 Å². The summed E-state index contributed by atoms with van der Waals surface area (Å²) in [6.07, 6.45) is 3.69. The van der Waals surface area contributed by atoms with Crippen molar-refractivity contribution in [1.82, 2.24) is 0 Å². The molecule has 0 atom stereocenters. The molecular weight excluding hydrogens is 396 g/mol. The van der Waals surface area contributed by atoms with Crippen molar-refractivity contribution in [2.45, 2.75) is 52.9 Å². The van der Waals surface area contributed by atoms with Crippen LogP contribution in [0.1, 0.15) is 61.5 Å². The average Bonchev–Trinajstić information content (AvgIpc) is 2.74. The first-order valence-corrected chi connectivity index (χ1v) is 10.8. The van der Waals surface area contributed by atoms with Gasteiger partial charge < -0.3 is 19.3 Å². The minimum absolute atomic E-state index is 0.0404. The van der Waals surface area contributed by atoms with Crippen LogP contribution >= 0.6 is 0 Å². The van der Waals surface area contributed by atoms with Crippen LogP contribution in [0.25, 0.3) is 0 Å². The number of ketones is 1. The monoisotopic (exact) mass is 428 g/mol. The fourth-order valence-corrected chi connectivity index (χ4v) is 3.14.